The zero-order valence-corrected chi connectivity index (χ0v) is 14.8. The zero-order chi connectivity index (χ0) is 10.4. The minimum absolute atomic E-state index is 0.393. The van der Waals surface area contributed by atoms with E-state index < -0.39 is 27.9 Å². The predicted molar refractivity (Wildman–Crippen MR) is 66.4 cm³/mol. The van der Waals surface area contributed by atoms with Crippen LogP contribution in [0.15, 0.2) is 0 Å². The molecule has 1 heterocycles. The van der Waals surface area contributed by atoms with E-state index in [1.165, 1.54) is 12.5 Å². The Hall–Kier alpha value is 0.708. The summed E-state index contributed by atoms with van der Waals surface area (Å²) >= 11 is 0. The highest BCUT2D eigenvalue weighted by molar-refractivity contribution is 6.72. The highest BCUT2D eigenvalue weighted by Crippen LogP contribution is 2.12. The maximum atomic E-state index is 5.84. The lowest BCUT2D eigenvalue weighted by molar-refractivity contribution is 0.208. The molecule has 0 aromatic heterocycles. The molecule has 1 aliphatic heterocycles. The molecule has 0 bridgehead atoms. The molecule has 1 rings (SSSR count). The van der Waals surface area contributed by atoms with Crippen LogP contribution in [-0.2, 0) is 16.8 Å². The van der Waals surface area contributed by atoms with Crippen LogP contribution >= 0.6 is 0 Å². The van der Waals surface area contributed by atoms with E-state index in [0.717, 1.165) is 13.0 Å². The summed E-state index contributed by atoms with van der Waals surface area (Å²) in [5.41, 5.74) is 0. The molecule has 0 radical (unpaired) electrons. The van der Waals surface area contributed by atoms with Crippen LogP contribution in [0.25, 0.3) is 0 Å². The second-order valence-electron chi connectivity index (χ2n) is 3.82. The number of rotatable bonds is 1. The molecule has 0 aromatic rings. The van der Waals surface area contributed by atoms with Crippen LogP contribution in [0.4, 0.5) is 0 Å². The topological polar surface area (TPSA) is 36.9 Å². The number of hydrogen-bond donors (Lipinski definition) is 0. The Morgan fingerprint density at radius 1 is 1.43 bits per heavy atom. The minimum atomic E-state index is -1.96. The van der Waals surface area contributed by atoms with E-state index >= 15 is 0 Å². The van der Waals surface area contributed by atoms with Gasteiger partial charge in [0.2, 0.25) is 0 Å². The van der Waals surface area contributed by atoms with E-state index in [1.807, 2.05) is 0 Å². The SMILES string of the molecule is C[Si]1(C)OCCCC[SiH2]O[SiH](O[SiH3])O1. The molecule has 0 saturated carbocycles. The Bertz CT molecular complexity index is 168. The third-order valence-electron chi connectivity index (χ3n) is 2.06. The summed E-state index contributed by atoms with van der Waals surface area (Å²) in [6, 6.07) is 1.23. The molecular weight excluding hydrogens is 248 g/mol. The molecule has 0 N–H and O–H groups in total. The van der Waals surface area contributed by atoms with Crippen molar-refractivity contribution < 1.29 is 16.8 Å². The van der Waals surface area contributed by atoms with Crippen LogP contribution < -0.4 is 0 Å². The first-order chi connectivity index (χ1) is 6.64. The second kappa shape index (κ2) is 6.32. The van der Waals surface area contributed by atoms with Crippen molar-refractivity contribution in [2.24, 2.45) is 0 Å². The van der Waals surface area contributed by atoms with Crippen molar-refractivity contribution in [2.45, 2.75) is 32.0 Å². The summed E-state index contributed by atoms with van der Waals surface area (Å²) < 4.78 is 22.7. The van der Waals surface area contributed by atoms with Gasteiger partial charge in [0.1, 0.15) is 10.5 Å². The minimum Gasteiger partial charge on any atom is -0.428 e. The molecule has 1 aliphatic rings. The Morgan fingerprint density at radius 3 is 2.93 bits per heavy atom. The summed E-state index contributed by atoms with van der Waals surface area (Å²) in [5.74, 6) is 0. The predicted octanol–water partition coefficient (Wildman–Crippen LogP) is -0.952. The van der Waals surface area contributed by atoms with Gasteiger partial charge < -0.3 is 16.8 Å². The van der Waals surface area contributed by atoms with Crippen molar-refractivity contribution in [1.29, 1.82) is 0 Å². The molecule has 0 aliphatic carbocycles. The Kier molecular flexibility index (Phi) is 5.77. The lowest BCUT2D eigenvalue weighted by Crippen LogP contribution is -2.44. The first kappa shape index (κ1) is 12.8. The van der Waals surface area contributed by atoms with Crippen molar-refractivity contribution in [2.75, 3.05) is 6.61 Å². The molecule has 8 heteroatoms. The molecule has 14 heavy (non-hydrogen) atoms. The molecule has 0 amide bonds. The van der Waals surface area contributed by atoms with Gasteiger partial charge >= 0.3 is 18.1 Å². The van der Waals surface area contributed by atoms with Gasteiger partial charge in [0.15, 0.2) is 9.76 Å². The van der Waals surface area contributed by atoms with Gasteiger partial charge in [-0.1, -0.05) is 6.42 Å². The fourth-order valence-electron chi connectivity index (χ4n) is 1.29. The lowest BCUT2D eigenvalue weighted by Gasteiger charge is -2.28. The van der Waals surface area contributed by atoms with Crippen LogP contribution in [0.1, 0.15) is 12.8 Å². The van der Waals surface area contributed by atoms with Crippen LogP contribution in [0.2, 0.25) is 19.1 Å². The van der Waals surface area contributed by atoms with Gasteiger partial charge in [-0.05, 0) is 25.6 Å². The molecule has 0 spiro atoms. The van der Waals surface area contributed by atoms with E-state index in [9.17, 15) is 0 Å². The van der Waals surface area contributed by atoms with E-state index in [-0.39, 0.29) is 0 Å². The lowest BCUT2D eigenvalue weighted by atomic mass is 10.4. The smallest absolute Gasteiger partial charge is 0.428 e. The van der Waals surface area contributed by atoms with Crippen molar-refractivity contribution in [3.63, 3.8) is 0 Å². The van der Waals surface area contributed by atoms with Gasteiger partial charge in [0, 0.05) is 6.61 Å². The second-order valence-corrected chi connectivity index (χ2v) is 12.8. The third-order valence-corrected chi connectivity index (χ3v) is 10.4. The standard InChI is InChI=1S/C6H20O4Si4/c1-14(2)7-5-3-4-6-12-9-13(8-11)10-14/h13H,3-6,12H2,1-2,11H3. The number of hydrogen-bond acceptors (Lipinski definition) is 4. The van der Waals surface area contributed by atoms with Crippen LogP contribution in [0.3, 0.4) is 0 Å². The maximum Gasteiger partial charge on any atom is 0.453 e. The normalized spacial score (nSPS) is 31.7. The average Bonchev–Trinajstić information content (AvgIpc) is 2.14. The summed E-state index contributed by atoms with van der Waals surface area (Å²) in [7, 11) is -3.44. The fourth-order valence-corrected chi connectivity index (χ4v) is 9.95. The average molecular weight is 269 g/mol. The summed E-state index contributed by atoms with van der Waals surface area (Å²) in [4.78, 5) is 0. The van der Waals surface area contributed by atoms with Crippen molar-refractivity contribution in [1.82, 2.24) is 0 Å². The largest absolute Gasteiger partial charge is 0.453 e. The quantitative estimate of drug-likeness (QED) is 0.575. The van der Waals surface area contributed by atoms with Crippen molar-refractivity contribution in [3.8, 4) is 0 Å². The van der Waals surface area contributed by atoms with Gasteiger partial charge in [0.25, 0.3) is 0 Å². The molecule has 4 nitrogen and oxygen atoms in total. The van der Waals surface area contributed by atoms with Crippen LogP contribution in [0, 0.1) is 0 Å². The van der Waals surface area contributed by atoms with Crippen molar-refractivity contribution >= 4 is 38.3 Å². The van der Waals surface area contributed by atoms with Gasteiger partial charge in [-0.25, -0.2) is 0 Å². The summed E-state index contributed by atoms with van der Waals surface area (Å²) in [6.07, 6.45) is 2.38. The first-order valence-electron chi connectivity index (χ1n) is 5.10. The van der Waals surface area contributed by atoms with Gasteiger partial charge in [-0.3, -0.25) is 0 Å². The van der Waals surface area contributed by atoms with Crippen LogP contribution in [0.5, 0.6) is 0 Å². The van der Waals surface area contributed by atoms with E-state index in [0.29, 0.717) is 10.5 Å². The monoisotopic (exact) mass is 268 g/mol. The van der Waals surface area contributed by atoms with Gasteiger partial charge in [-0.15, -0.1) is 0 Å². The highest BCUT2D eigenvalue weighted by atomic mass is 28.5. The van der Waals surface area contributed by atoms with Crippen LogP contribution in [-0.4, -0.2) is 44.9 Å². The zero-order valence-electron chi connectivity index (χ0n) is 9.25. The molecule has 84 valence electrons. The maximum absolute atomic E-state index is 5.84. The summed E-state index contributed by atoms with van der Waals surface area (Å²) in [6.45, 7) is 4.98. The molecule has 1 saturated heterocycles. The molecule has 1 unspecified atom stereocenters. The van der Waals surface area contributed by atoms with Crippen molar-refractivity contribution in [3.05, 3.63) is 0 Å². The molecule has 0 aromatic carbocycles. The Morgan fingerprint density at radius 2 is 2.21 bits per heavy atom. The first-order valence-corrected chi connectivity index (χ1v) is 11.7. The molecule has 1 atom stereocenters. The van der Waals surface area contributed by atoms with E-state index in [2.05, 4.69) is 13.1 Å². The highest BCUT2D eigenvalue weighted by Gasteiger charge is 2.30. The fraction of sp³-hybridized carbons (Fsp3) is 1.00. The molecular formula is C6H20O4Si4. The molecule has 1 fully saturated rings. The van der Waals surface area contributed by atoms with Gasteiger partial charge in [-0.2, -0.15) is 0 Å². The van der Waals surface area contributed by atoms with E-state index in [4.69, 9.17) is 16.8 Å². The Labute approximate surface area is 94.0 Å². The Balaban J connectivity index is 2.45. The van der Waals surface area contributed by atoms with E-state index in [1.54, 1.807) is 0 Å². The van der Waals surface area contributed by atoms with Gasteiger partial charge in [0.05, 0.1) is 0 Å². The summed E-state index contributed by atoms with van der Waals surface area (Å²) in [5, 5.41) is 0. The third kappa shape index (κ3) is 4.98.